The van der Waals surface area contributed by atoms with Gasteiger partial charge in [-0.1, -0.05) is 11.6 Å². The fourth-order valence-electron chi connectivity index (χ4n) is 1.04. The summed E-state index contributed by atoms with van der Waals surface area (Å²) in [5.41, 5.74) is 0.0994. The molecule has 0 fully saturated rings. The molecule has 0 heterocycles. The molecule has 0 spiro atoms. The van der Waals surface area contributed by atoms with Gasteiger partial charge in [-0.15, -0.1) is 0 Å². The van der Waals surface area contributed by atoms with Gasteiger partial charge in [-0.25, -0.2) is 4.39 Å². The van der Waals surface area contributed by atoms with Gasteiger partial charge >= 0.3 is 0 Å². The average molecular weight is 232 g/mol. The quantitative estimate of drug-likeness (QED) is 0.835. The summed E-state index contributed by atoms with van der Waals surface area (Å²) in [5.74, 6) is -0.898. The third-order valence-electron chi connectivity index (χ3n) is 1.77. The Hall–Kier alpha value is -1.13. The molecule has 2 N–H and O–H groups in total. The highest BCUT2D eigenvalue weighted by atomic mass is 35.5. The van der Waals surface area contributed by atoms with Crippen molar-refractivity contribution >= 4 is 23.2 Å². The van der Waals surface area contributed by atoms with E-state index in [-0.39, 0.29) is 29.6 Å². The molecule has 0 atom stereocenters. The van der Waals surface area contributed by atoms with E-state index in [1.165, 1.54) is 12.1 Å². The first-order chi connectivity index (χ1) is 7.13. The first-order valence-electron chi connectivity index (χ1n) is 4.49. The number of aliphatic hydroxyl groups excluding tert-OH is 1. The number of carbonyl (C=O) groups excluding carboxylic acids is 1. The minimum absolute atomic E-state index is 0.0590. The van der Waals surface area contributed by atoms with Crippen molar-refractivity contribution in [2.75, 3.05) is 11.9 Å². The van der Waals surface area contributed by atoms with Crippen molar-refractivity contribution in [3.63, 3.8) is 0 Å². The number of nitrogens with one attached hydrogen (secondary N) is 1. The zero-order valence-corrected chi connectivity index (χ0v) is 8.72. The SMILES string of the molecule is O=C(CCCO)Nc1ccc(Cl)cc1F. The van der Waals surface area contributed by atoms with E-state index >= 15 is 0 Å². The van der Waals surface area contributed by atoms with Crippen LogP contribution in [0.4, 0.5) is 10.1 Å². The van der Waals surface area contributed by atoms with Crippen molar-refractivity contribution in [2.45, 2.75) is 12.8 Å². The molecule has 15 heavy (non-hydrogen) atoms. The molecule has 1 aromatic rings. The molecule has 0 unspecified atom stereocenters. The van der Waals surface area contributed by atoms with Crippen LogP contribution in [0.2, 0.25) is 5.02 Å². The van der Waals surface area contributed by atoms with Crippen LogP contribution in [0, 0.1) is 5.82 Å². The number of carbonyl (C=O) groups is 1. The smallest absolute Gasteiger partial charge is 0.224 e. The number of rotatable bonds is 4. The van der Waals surface area contributed by atoms with Gasteiger partial charge in [-0.05, 0) is 24.6 Å². The van der Waals surface area contributed by atoms with Crippen LogP contribution in [0.1, 0.15) is 12.8 Å². The summed E-state index contributed by atoms with van der Waals surface area (Å²) in [5, 5.41) is 11.2. The Balaban J connectivity index is 2.60. The summed E-state index contributed by atoms with van der Waals surface area (Å²) in [6.07, 6.45) is 0.527. The molecule has 0 radical (unpaired) electrons. The van der Waals surface area contributed by atoms with Crippen LogP contribution in [0.25, 0.3) is 0 Å². The summed E-state index contributed by atoms with van der Waals surface area (Å²) >= 11 is 5.55. The van der Waals surface area contributed by atoms with E-state index in [0.29, 0.717) is 6.42 Å². The summed E-state index contributed by atoms with van der Waals surface area (Å²) in [4.78, 5) is 11.2. The van der Waals surface area contributed by atoms with Crippen LogP contribution in [0.15, 0.2) is 18.2 Å². The number of benzene rings is 1. The fourth-order valence-corrected chi connectivity index (χ4v) is 1.20. The summed E-state index contributed by atoms with van der Waals surface area (Å²) in [6, 6.07) is 4.02. The van der Waals surface area contributed by atoms with Gasteiger partial charge in [-0.2, -0.15) is 0 Å². The van der Waals surface area contributed by atoms with Crippen LogP contribution < -0.4 is 5.32 Å². The predicted molar refractivity (Wildman–Crippen MR) is 56.4 cm³/mol. The summed E-state index contributed by atoms with van der Waals surface area (Å²) in [7, 11) is 0. The molecule has 0 aliphatic heterocycles. The van der Waals surface area contributed by atoms with Gasteiger partial charge in [0.05, 0.1) is 5.69 Å². The zero-order chi connectivity index (χ0) is 11.3. The zero-order valence-electron chi connectivity index (χ0n) is 7.96. The molecule has 5 heteroatoms. The van der Waals surface area contributed by atoms with Gasteiger partial charge in [-0.3, -0.25) is 4.79 Å². The van der Waals surface area contributed by atoms with E-state index in [1.54, 1.807) is 0 Å². The second kappa shape index (κ2) is 5.68. The average Bonchev–Trinajstić information content (AvgIpc) is 2.19. The van der Waals surface area contributed by atoms with Crippen molar-refractivity contribution in [1.82, 2.24) is 0 Å². The number of halogens is 2. The highest BCUT2D eigenvalue weighted by molar-refractivity contribution is 6.30. The topological polar surface area (TPSA) is 49.3 Å². The Morgan fingerprint density at radius 3 is 2.87 bits per heavy atom. The van der Waals surface area contributed by atoms with Crippen molar-refractivity contribution in [2.24, 2.45) is 0 Å². The minimum atomic E-state index is -0.570. The summed E-state index contributed by atoms with van der Waals surface area (Å²) < 4.78 is 13.2. The maximum Gasteiger partial charge on any atom is 0.224 e. The number of aliphatic hydroxyl groups is 1. The monoisotopic (exact) mass is 231 g/mol. The molecule has 0 saturated carbocycles. The van der Waals surface area contributed by atoms with E-state index in [9.17, 15) is 9.18 Å². The van der Waals surface area contributed by atoms with Crippen LogP contribution in [0.5, 0.6) is 0 Å². The Morgan fingerprint density at radius 1 is 1.53 bits per heavy atom. The van der Waals surface area contributed by atoms with E-state index in [2.05, 4.69) is 5.32 Å². The Kier molecular flexibility index (Phi) is 4.52. The van der Waals surface area contributed by atoms with Crippen LogP contribution in [-0.2, 0) is 4.79 Å². The fraction of sp³-hybridized carbons (Fsp3) is 0.300. The molecule has 0 aromatic heterocycles. The third kappa shape index (κ3) is 3.85. The lowest BCUT2D eigenvalue weighted by Crippen LogP contribution is -2.12. The lowest BCUT2D eigenvalue weighted by atomic mass is 10.2. The van der Waals surface area contributed by atoms with E-state index in [1.807, 2.05) is 0 Å². The Morgan fingerprint density at radius 2 is 2.27 bits per heavy atom. The summed E-state index contributed by atoms with van der Waals surface area (Å²) in [6.45, 7) is -0.0590. The number of anilines is 1. The van der Waals surface area contributed by atoms with Gasteiger partial charge < -0.3 is 10.4 Å². The second-order valence-corrected chi connectivity index (χ2v) is 3.44. The van der Waals surface area contributed by atoms with Crippen molar-refractivity contribution in [3.05, 3.63) is 29.0 Å². The van der Waals surface area contributed by atoms with Gasteiger partial charge in [0.1, 0.15) is 5.82 Å². The molecule has 0 bridgehead atoms. The maximum absolute atomic E-state index is 13.2. The minimum Gasteiger partial charge on any atom is -0.396 e. The molecular weight excluding hydrogens is 221 g/mol. The number of hydrogen-bond acceptors (Lipinski definition) is 2. The third-order valence-corrected chi connectivity index (χ3v) is 2.00. The molecule has 0 aliphatic carbocycles. The van der Waals surface area contributed by atoms with E-state index in [4.69, 9.17) is 16.7 Å². The van der Waals surface area contributed by atoms with E-state index in [0.717, 1.165) is 6.07 Å². The normalized spacial score (nSPS) is 10.1. The van der Waals surface area contributed by atoms with Gasteiger partial charge in [0.15, 0.2) is 0 Å². The van der Waals surface area contributed by atoms with Crippen molar-refractivity contribution < 1.29 is 14.3 Å². The lowest BCUT2D eigenvalue weighted by molar-refractivity contribution is -0.116. The standard InChI is InChI=1S/C10H11ClFNO2/c11-7-3-4-9(8(12)6-7)13-10(15)2-1-5-14/h3-4,6,14H,1-2,5H2,(H,13,15). The Labute approximate surface area is 91.9 Å². The second-order valence-electron chi connectivity index (χ2n) is 3.00. The maximum atomic E-state index is 13.2. The molecule has 0 saturated heterocycles. The molecule has 1 amide bonds. The molecule has 82 valence electrons. The van der Waals surface area contributed by atoms with Gasteiger partial charge in [0, 0.05) is 18.1 Å². The molecular formula is C10H11ClFNO2. The first kappa shape index (κ1) is 11.9. The predicted octanol–water partition coefficient (Wildman–Crippen LogP) is 2.19. The highest BCUT2D eigenvalue weighted by Crippen LogP contribution is 2.18. The lowest BCUT2D eigenvalue weighted by Gasteiger charge is -2.05. The Bertz CT molecular complexity index is 357. The highest BCUT2D eigenvalue weighted by Gasteiger charge is 2.06. The van der Waals surface area contributed by atoms with Crippen LogP contribution in [-0.4, -0.2) is 17.6 Å². The molecule has 1 rings (SSSR count). The van der Waals surface area contributed by atoms with Gasteiger partial charge in [0.25, 0.3) is 0 Å². The van der Waals surface area contributed by atoms with Gasteiger partial charge in [0.2, 0.25) is 5.91 Å². The number of hydrogen-bond donors (Lipinski definition) is 2. The van der Waals surface area contributed by atoms with Crippen LogP contribution >= 0.6 is 11.6 Å². The molecule has 1 aromatic carbocycles. The van der Waals surface area contributed by atoms with E-state index < -0.39 is 5.82 Å². The molecule has 0 aliphatic rings. The van der Waals surface area contributed by atoms with Crippen LogP contribution in [0.3, 0.4) is 0 Å². The largest absolute Gasteiger partial charge is 0.396 e. The van der Waals surface area contributed by atoms with Crippen molar-refractivity contribution in [3.8, 4) is 0 Å². The number of amides is 1. The first-order valence-corrected chi connectivity index (χ1v) is 4.87. The van der Waals surface area contributed by atoms with Crippen molar-refractivity contribution in [1.29, 1.82) is 0 Å². The molecule has 3 nitrogen and oxygen atoms in total.